The molecular weight excluding hydrogens is 224 g/mol. The maximum Gasteiger partial charge on any atom is 0.119 e. The van der Waals surface area contributed by atoms with Crippen molar-refractivity contribution in [3.63, 3.8) is 0 Å². The summed E-state index contributed by atoms with van der Waals surface area (Å²) < 4.78 is 10.7. The van der Waals surface area contributed by atoms with Gasteiger partial charge in [-0.15, -0.1) is 11.6 Å². The number of methoxy groups -OCH3 is 1. The Morgan fingerprint density at radius 2 is 2.38 bits per heavy atom. The van der Waals surface area contributed by atoms with Gasteiger partial charge in [0.15, 0.2) is 0 Å². The van der Waals surface area contributed by atoms with Crippen molar-refractivity contribution < 1.29 is 9.47 Å². The molecule has 0 amide bonds. The molecule has 1 atom stereocenters. The van der Waals surface area contributed by atoms with Gasteiger partial charge in [-0.1, -0.05) is 12.1 Å². The quantitative estimate of drug-likeness (QED) is 0.754. The Hall–Kier alpha value is -0.730. The van der Waals surface area contributed by atoms with Gasteiger partial charge in [0.25, 0.3) is 0 Å². The van der Waals surface area contributed by atoms with Crippen molar-refractivity contribution >= 4 is 11.6 Å². The number of hydrogen-bond acceptors (Lipinski definition) is 2. The monoisotopic (exact) mass is 240 g/mol. The van der Waals surface area contributed by atoms with Gasteiger partial charge in [0.05, 0.1) is 13.7 Å². The number of alkyl halides is 1. The van der Waals surface area contributed by atoms with Gasteiger partial charge in [0.2, 0.25) is 0 Å². The highest BCUT2D eigenvalue weighted by Gasteiger charge is 2.34. The highest BCUT2D eigenvalue weighted by atomic mass is 35.5. The predicted molar refractivity (Wildman–Crippen MR) is 65.3 cm³/mol. The van der Waals surface area contributed by atoms with Crippen molar-refractivity contribution in [3.8, 4) is 5.75 Å². The third kappa shape index (κ3) is 2.50. The zero-order valence-corrected chi connectivity index (χ0v) is 10.3. The normalized spacial score (nSPS) is 24.6. The van der Waals surface area contributed by atoms with Crippen molar-refractivity contribution in [2.24, 2.45) is 5.41 Å². The fourth-order valence-electron chi connectivity index (χ4n) is 2.16. The van der Waals surface area contributed by atoms with E-state index in [1.807, 2.05) is 12.1 Å². The maximum absolute atomic E-state index is 6.08. The molecule has 0 bridgehead atoms. The van der Waals surface area contributed by atoms with Crippen LogP contribution < -0.4 is 4.74 Å². The largest absolute Gasteiger partial charge is 0.497 e. The molecule has 0 N–H and O–H groups in total. The van der Waals surface area contributed by atoms with Crippen LogP contribution in [-0.4, -0.2) is 26.2 Å². The summed E-state index contributed by atoms with van der Waals surface area (Å²) in [6, 6.07) is 8.18. The van der Waals surface area contributed by atoms with Crippen LogP contribution in [0.3, 0.4) is 0 Å². The SMILES string of the molecule is COc1cccc(CC2(CCl)CCOC2)c1. The van der Waals surface area contributed by atoms with Crippen LogP contribution in [0.4, 0.5) is 0 Å². The van der Waals surface area contributed by atoms with Crippen LogP contribution in [0.2, 0.25) is 0 Å². The lowest BCUT2D eigenvalue weighted by Crippen LogP contribution is -2.26. The van der Waals surface area contributed by atoms with E-state index in [9.17, 15) is 0 Å². The van der Waals surface area contributed by atoms with E-state index in [4.69, 9.17) is 21.1 Å². The van der Waals surface area contributed by atoms with Gasteiger partial charge < -0.3 is 9.47 Å². The summed E-state index contributed by atoms with van der Waals surface area (Å²) in [7, 11) is 1.69. The Kier molecular flexibility index (Phi) is 3.72. The average molecular weight is 241 g/mol. The van der Waals surface area contributed by atoms with E-state index in [0.29, 0.717) is 5.88 Å². The molecule has 0 spiro atoms. The van der Waals surface area contributed by atoms with Gasteiger partial charge in [-0.25, -0.2) is 0 Å². The average Bonchev–Trinajstić information content (AvgIpc) is 2.78. The van der Waals surface area contributed by atoms with Crippen molar-refractivity contribution in [2.45, 2.75) is 12.8 Å². The molecule has 1 heterocycles. The van der Waals surface area contributed by atoms with E-state index in [1.54, 1.807) is 7.11 Å². The van der Waals surface area contributed by atoms with E-state index in [2.05, 4.69) is 12.1 Å². The Bertz CT molecular complexity index is 346. The molecule has 1 unspecified atom stereocenters. The number of benzene rings is 1. The molecule has 0 aliphatic carbocycles. The first-order valence-corrected chi connectivity index (χ1v) is 6.08. The second-order valence-corrected chi connectivity index (χ2v) is 4.73. The standard InChI is InChI=1S/C13H17ClO2/c1-15-12-4-2-3-11(7-12)8-13(9-14)5-6-16-10-13/h2-4,7H,5-6,8-10H2,1H3. The minimum absolute atomic E-state index is 0.119. The molecule has 0 aromatic heterocycles. The van der Waals surface area contributed by atoms with E-state index in [-0.39, 0.29) is 5.41 Å². The molecule has 1 saturated heterocycles. The fourth-order valence-corrected chi connectivity index (χ4v) is 2.46. The molecule has 2 rings (SSSR count). The van der Waals surface area contributed by atoms with Crippen LogP contribution in [0.15, 0.2) is 24.3 Å². The van der Waals surface area contributed by atoms with Gasteiger partial charge in [-0.05, 0) is 30.5 Å². The molecule has 1 fully saturated rings. The lowest BCUT2D eigenvalue weighted by molar-refractivity contribution is 0.161. The minimum Gasteiger partial charge on any atom is -0.497 e. The lowest BCUT2D eigenvalue weighted by atomic mass is 9.83. The van der Waals surface area contributed by atoms with E-state index < -0.39 is 0 Å². The maximum atomic E-state index is 6.08. The summed E-state index contributed by atoms with van der Waals surface area (Å²) in [4.78, 5) is 0. The molecule has 3 heteroatoms. The zero-order valence-electron chi connectivity index (χ0n) is 9.54. The molecule has 0 saturated carbocycles. The number of rotatable bonds is 4. The summed E-state index contributed by atoms with van der Waals surface area (Å²) in [5.41, 5.74) is 1.39. The molecule has 1 aromatic rings. The van der Waals surface area contributed by atoms with E-state index in [0.717, 1.165) is 31.8 Å². The van der Waals surface area contributed by atoms with Gasteiger partial charge >= 0.3 is 0 Å². The summed E-state index contributed by atoms with van der Waals surface area (Å²) in [6.07, 6.45) is 2.02. The van der Waals surface area contributed by atoms with Crippen molar-refractivity contribution in [1.82, 2.24) is 0 Å². The molecule has 0 radical (unpaired) electrons. The molecule has 1 aliphatic rings. The van der Waals surface area contributed by atoms with Crippen LogP contribution in [0.1, 0.15) is 12.0 Å². The number of hydrogen-bond donors (Lipinski definition) is 0. The third-order valence-corrected chi connectivity index (χ3v) is 3.75. The molecule has 16 heavy (non-hydrogen) atoms. The Morgan fingerprint density at radius 3 is 3.00 bits per heavy atom. The Balaban J connectivity index is 2.12. The van der Waals surface area contributed by atoms with E-state index >= 15 is 0 Å². The Labute approximate surface area is 102 Å². The summed E-state index contributed by atoms with van der Waals surface area (Å²) >= 11 is 6.08. The highest BCUT2D eigenvalue weighted by molar-refractivity contribution is 6.18. The summed E-state index contributed by atoms with van der Waals surface area (Å²) in [5.74, 6) is 1.56. The number of ether oxygens (including phenoxy) is 2. The third-order valence-electron chi connectivity index (χ3n) is 3.18. The number of halogens is 1. The van der Waals surface area contributed by atoms with Crippen molar-refractivity contribution in [3.05, 3.63) is 29.8 Å². The smallest absolute Gasteiger partial charge is 0.119 e. The van der Waals surface area contributed by atoms with Crippen molar-refractivity contribution in [1.29, 1.82) is 0 Å². The fraction of sp³-hybridized carbons (Fsp3) is 0.538. The summed E-state index contributed by atoms with van der Waals surface area (Å²) in [6.45, 7) is 1.60. The molecule has 1 aromatic carbocycles. The second kappa shape index (κ2) is 5.07. The van der Waals surface area contributed by atoms with Crippen LogP contribution in [0.5, 0.6) is 5.75 Å². The summed E-state index contributed by atoms with van der Waals surface area (Å²) in [5, 5.41) is 0. The first-order valence-electron chi connectivity index (χ1n) is 5.55. The van der Waals surface area contributed by atoms with E-state index in [1.165, 1.54) is 5.56 Å². The molecular formula is C13H17ClO2. The first-order chi connectivity index (χ1) is 7.78. The second-order valence-electron chi connectivity index (χ2n) is 4.46. The highest BCUT2D eigenvalue weighted by Crippen LogP contribution is 2.34. The lowest BCUT2D eigenvalue weighted by Gasteiger charge is -2.24. The van der Waals surface area contributed by atoms with Crippen LogP contribution >= 0.6 is 11.6 Å². The molecule has 2 nitrogen and oxygen atoms in total. The predicted octanol–water partition coefficient (Wildman–Crippen LogP) is 2.88. The van der Waals surface area contributed by atoms with Gasteiger partial charge in [0.1, 0.15) is 5.75 Å². The first kappa shape index (κ1) is 11.7. The van der Waals surface area contributed by atoms with Gasteiger partial charge in [-0.2, -0.15) is 0 Å². The van der Waals surface area contributed by atoms with Crippen molar-refractivity contribution in [2.75, 3.05) is 26.2 Å². The molecule has 1 aliphatic heterocycles. The van der Waals surface area contributed by atoms with Crippen LogP contribution in [-0.2, 0) is 11.2 Å². The molecule has 88 valence electrons. The topological polar surface area (TPSA) is 18.5 Å². The van der Waals surface area contributed by atoms with Crippen LogP contribution in [0.25, 0.3) is 0 Å². The van der Waals surface area contributed by atoms with Gasteiger partial charge in [-0.3, -0.25) is 0 Å². The minimum atomic E-state index is 0.119. The zero-order chi connectivity index (χ0) is 11.4. The Morgan fingerprint density at radius 1 is 1.50 bits per heavy atom. The van der Waals surface area contributed by atoms with Gasteiger partial charge in [0, 0.05) is 17.9 Å². The van der Waals surface area contributed by atoms with Crippen LogP contribution in [0, 0.1) is 5.41 Å².